The third-order valence-corrected chi connectivity index (χ3v) is 5.59. The van der Waals surface area contributed by atoms with Crippen molar-refractivity contribution in [3.63, 3.8) is 0 Å². The van der Waals surface area contributed by atoms with Crippen LogP contribution in [0.1, 0.15) is 54.1 Å². The Labute approximate surface area is 178 Å². The van der Waals surface area contributed by atoms with Crippen molar-refractivity contribution in [3.8, 4) is 0 Å². The van der Waals surface area contributed by atoms with Crippen LogP contribution in [-0.2, 0) is 0 Å². The van der Waals surface area contributed by atoms with E-state index in [1.54, 1.807) is 24.3 Å². The lowest BCUT2D eigenvalue weighted by Crippen LogP contribution is -2.15. The molecule has 0 saturated carbocycles. The third kappa shape index (κ3) is 4.60. The number of amides is 2. The second-order valence-electron chi connectivity index (χ2n) is 7.99. The molecule has 3 aromatic carbocycles. The molecule has 0 aromatic heterocycles. The zero-order chi connectivity index (χ0) is 22.0. The van der Waals surface area contributed by atoms with Crippen molar-refractivity contribution in [2.24, 2.45) is 0 Å². The molecule has 2 N–H and O–H groups in total. The van der Waals surface area contributed by atoms with Crippen LogP contribution < -0.4 is 10.6 Å². The SMILES string of the molecule is Cc1cc(C)c(NC(=O)c2ccc(C(=O)Nc3cc(C)c(C)cc3C)cc2)cc1C. The Balaban J connectivity index is 1.73. The van der Waals surface area contributed by atoms with Crippen LogP contribution in [0.2, 0.25) is 0 Å². The standard InChI is InChI=1S/C26H28N2O2/c1-15-11-19(5)23(13-17(15)3)27-25(29)21-7-9-22(10-8-21)26(30)28-24-14-18(4)16(2)12-20(24)6/h7-14H,1-6H3,(H,27,29)(H,28,30). The zero-order valence-corrected chi connectivity index (χ0v) is 18.4. The van der Waals surface area contributed by atoms with E-state index in [0.29, 0.717) is 11.1 Å². The van der Waals surface area contributed by atoms with E-state index in [4.69, 9.17) is 0 Å². The predicted octanol–water partition coefficient (Wildman–Crippen LogP) is 6.04. The molecule has 154 valence electrons. The van der Waals surface area contributed by atoms with Gasteiger partial charge in [-0.15, -0.1) is 0 Å². The van der Waals surface area contributed by atoms with Crippen LogP contribution in [0.25, 0.3) is 0 Å². The molecule has 0 heterocycles. The summed E-state index contributed by atoms with van der Waals surface area (Å²) in [4.78, 5) is 25.3. The lowest BCUT2D eigenvalue weighted by atomic mass is 10.0. The first kappa shape index (κ1) is 21.3. The van der Waals surface area contributed by atoms with Crippen molar-refractivity contribution in [2.75, 3.05) is 10.6 Å². The fourth-order valence-electron chi connectivity index (χ4n) is 3.35. The second-order valence-corrected chi connectivity index (χ2v) is 7.99. The molecule has 0 aliphatic carbocycles. The van der Waals surface area contributed by atoms with Crippen molar-refractivity contribution in [3.05, 3.63) is 93.0 Å². The van der Waals surface area contributed by atoms with Gasteiger partial charge in [0.05, 0.1) is 0 Å². The predicted molar refractivity (Wildman–Crippen MR) is 124 cm³/mol. The average Bonchev–Trinajstić information content (AvgIpc) is 2.70. The first-order chi connectivity index (χ1) is 14.2. The molecule has 0 aliphatic rings. The van der Waals surface area contributed by atoms with E-state index in [0.717, 1.165) is 33.6 Å². The largest absolute Gasteiger partial charge is 0.322 e. The van der Waals surface area contributed by atoms with Gasteiger partial charge in [-0.1, -0.05) is 12.1 Å². The van der Waals surface area contributed by atoms with Crippen molar-refractivity contribution < 1.29 is 9.59 Å². The summed E-state index contributed by atoms with van der Waals surface area (Å²) < 4.78 is 0. The zero-order valence-electron chi connectivity index (χ0n) is 18.4. The van der Waals surface area contributed by atoms with Crippen molar-refractivity contribution in [1.29, 1.82) is 0 Å². The lowest BCUT2D eigenvalue weighted by Gasteiger charge is -2.13. The molecule has 0 unspecified atom stereocenters. The maximum absolute atomic E-state index is 12.6. The second kappa shape index (κ2) is 8.54. The van der Waals surface area contributed by atoms with Gasteiger partial charge in [-0.2, -0.15) is 0 Å². The minimum absolute atomic E-state index is 0.196. The van der Waals surface area contributed by atoms with E-state index >= 15 is 0 Å². The van der Waals surface area contributed by atoms with Gasteiger partial charge in [0.2, 0.25) is 0 Å². The lowest BCUT2D eigenvalue weighted by molar-refractivity contribution is 0.101. The fourth-order valence-corrected chi connectivity index (χ4v) is 3.35. The van der Waals surface area contributed by atoms with Gasteiger partial charge in [0.15, 0.2) is 0 Å². The molecule has 3 rings (SSSR count). The summed E-state index contributed by atoms with van der Waals surface area (Å²) in [5.74, 6) is -0.392. The highest BCUT2D eigenvalue weighted by molar-refractivity contribution is 6.07. The number of carbonyl (C=O) groups excluding carboxylic acids is 2. The van der Waals surface area contributed by atoms with Crippen LogP contribution in [0.15, 0.2) is 48.5 Å². The smallest absolute Gasteiger partial charge is 0.255 e. The van der Waals surface area contributed by atoms with E-state index in [9.17, 15) is 9.59 Å². The first-order valence-corrected chi connectivity index (χ1v) is 10.0. The molecule has 4 nitrogen and oxygen atoms in total. The average molecular weight is 401 g/mol. The van der Waals surface area contributed by atoms with Crippen LogP contribution in [0.4, 0.5) is 11.4 Å². The highest BCUT2D eigenvalue weighted by Crippen LogP contribution is 2.22. The molecule has 3 aromatic rings. The van der Waals surface area contributed by atoms with Crippen LogP contribution in [0, 0.1) is 41.5 Å². The number of rotatable bonds is 4. The number of hydrogen-bond donors (Lipinski definition) is 2. The van der Waals surface area contributed by atoms with E-state index in [1.807, 2.05) is 39.8 Å². The van der Waals surface area contributed by atoms with Gasteiger partial charge in [-0.25, -0.2) is 0 Å². The molecule has 0 spiro atoms. The maximum atomic E-state index is 12.6. The highest BCUT2D eigenvalue weighted by atomic mass is 16.2. The molecule has 0 saturated heterocycles. The Morgan fingerprint density at radius 3 is 1.13 bits per heavy atom. The molecule has 0 aliphatic heterocycles. The monoisotopic (exact) mass is 400 g/mol. The van der Waals surface area contributed by atoms with Crippen LogP contribution in [0.5, 0.6) is 0 Å². The Kier molecular flexibility index (Phi) is 6.06. The Bertz CT molecular complexity index is 1040. The summed E-state index contributed by atoms with van der Waals surface area (Å²) in [6, 6.07) is 14.8. The van der Waals surface area contributed by atoms with E-state index < -0.39 is 0 Å². The van der Waals surface area contributed by atoms with Crippen molar-refractivity contribution >= 4 is 23.2 Å². The van der Waals surface area contributed by atoms with Crippen molar-refractivity contribution in [2.45, 2.75) is 41.5 Å². The molecular formula is C26H28N2O2. The fraction of sp³-hybridized carbons (Fsp3) is 0.231. The highest BCUT2D eigenvalue weighted by Gasteiger charge is 2.12. The normalized spacial score (nSPS) is 10.6. The summed E-state index contributed by atoms with van der Waals surface area (Å²) in [5.41, 5.74) is 9.30. The molecule has 0 atom stereocenters. The van der Waals surface area contributed by atoms with Crippen LogP contribution in [-0.4, -0.2) is 11.8 Å². The molecule has 2 amide bonds. The topological polar surface area (TPSA) is 58.2 Å². The molecule has 0 radical (unpaired) electrons. The van der Waals surface area contributed by atoms with Gasteiger partial charge >= 0.3 is 0 Å². The van der Waals surface area contributed by atoms with Gasteiger partial charge in [-0.3, -0.25) is 9.59 Å². The number of hydrogen-bond acceptors (Lipinski definition) is 2. The summed E-state index contributed by atoms with van der Waals surface area (Å²) in [6.45, 7) is 12.1. The summed E-state index contributed by atoms with van der Waals surface area (Å²) in [7, 11) is 0. The van der Waals surface area contributed by atoms with Gasteiger partial charge in [0, 0.05) is 22.5 Å². The Morgan fingerprint density at radius 1 is 0.500 bits per heavy atom. The quantitative estimate of drug-likeness (QED) is 0.561. The van der Waals surface area contributed by atoms with Gasteiger partial charge in [-0.05, 0) is 111 Å². The first-order valence-electron chi connectivity index (χ1n) is 10.0. The van der Waals surface area contributed by atoms with Gasteiger partial charge in [0.1, 0.15) is 0 Å². The van der Waals surface area contributed by atoms with Crippen molar-refractivity contribution in [1.82, 2.24) is 0 Å². The maximum Gasteiger partial charge on any atom is 0.255 e. The molecular weight excluding hydrogens is 372 g/mol. The third-order valence-electron chi connectivity index (χ3n) is 5.59. The summed E-state index contributed by atoms with van der Waals surface area (Å²) >= 11 is 0. The molecule has 0 bridgehead atoms. The van der Waals surface area contributed by atoms with Crippen LogP contribution >= 0.6 is 0 Å². The van der Waals surface area contributed by atoms with Gasteiger partial charge < -0.3 is 10.6 Å². The summed E-state index contributed by atoms with van der Waals surface area (Å²) in [5, 5.41) is 5.93. The van der Waals surface area contributed by atoms with E-state index in [1.165, 1.54) is 11.1 Å². The summed E-state index contributed by atoms with van der Waals surface area (Å²) in [6.07, 6.45) is 0. The van der Waals surface area contributed by atoms with E-state index in [-0.39, 0.29) is 11.8 Å². The Hall–Kier alpha value is -3.40. The minimum Gasteiger partial charge on any atom is -0.322 e. The number of nitrogens with one attached hydrogen (secondary N) is 2. The van der Waals surface area contributed by atoms with E-state index in [2.05, 4.69) is 36.6 Å². The molecule has 0 fully saturated rings. The van der Waals surface area contributed by atoms with Crippen LogP contribution in [0.3, 0.4) is 0 Å². The molecule has 30 heavy (non-hydrogen) atoms. The minimum atomic E-state index is -0.196. The number of aryl methyl sites for hydroxylation is 6. The van der Waals surface area contributed by atoms with Gasteiger partial charge in [0.25, 0.3) is 11.8 Å². The number of carbonyl (C=O) groups is 2. The number of anilines is 2. The number of benzene rings is 3. The molecule has 4 heteroatoms. The Morgan fingerprint density at radius 2 is 0.800 bits per heavy atom.